The second kappa shape index (κ2) is 5.95. The van der Waals surface area contributed by atoms with Crippen LogP contribution >= 0.6 is 0 Å². The van der Waals surface area contributed by atoms with Gasteiger partial charge in [0, 0.05) is 7.05 Å². The van der Waals surface area contributed by atoms with Gasteiger partial charge in [0.1, 0.15) is 5.71 Å². The molecule has 1 nitrogen and oxygen atoms in total. The van der Waals surface area contributed by atoms with Crippen LogP contribution in [0.1, 0.15) is 13.8 Å². The van der Waals surface area contributed by atoms with E-state index in [4.69, 9.17) is 0 Å². The third kappa shape index (κ3) is 5.63. The number of rotatable bonds is 1. The molecule has 0 atom stereocenters. The molecule has 66 valence electrons. The summed E-state index contributed by atoms with van der Waals surface area (Å²) in [7, 11) is 1.07. The second-order valence-corrected chi connectivity index (χ2v) is 1.31. The SMILES string of the molecule is C=CC(=NC)C(F)(F)F.CC. The van der Waals surface area contributed by atoms with E-state index in [-0.39, 0.29) is 0 Å². The summed E-state index contributed by atoms with van der Waals surface area (Å²) in [5.74, 6) is 0. The van der Waals surface area contributed by atoms with Gasteiger partial charge in [-0.3, -0.25) is 4.99 Å². The number of nitrogens with zero attached hydrogens (tertiary/aromatic N) is 1. The summed E-state index contributed by atoms with van der Waals surface area (Å²) >= 11 is 0. The summed E-state index contributed by atoms with van der Waals surface area (Å²) in [4.78, 5) is 2.95. The first-order chi connectivity index (χ1) is 5.02. The van der Waals surface area contributed by atoms with Gasteiger partial charge in [-0.15, -0.1) is 0 Å². The lowest BCUT2D eigenvalue weighted by atomic mass is 10.4. The van der Waals surface area contributed by atoms with Gasteiger partial charge in [-0.25, -0.2) is 0 Å². The Morgan fingerprint density at radius 1 is 1.36 bits per heavy atom. The number of allylic oxidation sites excluding steroid dienone is 1. The Morgan fingerprint density at radius 2 is 1.73 bits per heavy atom. The Hall–Kier alpha value is -0.800. The van der Waals surface area contributed by atoms with Crippen molar-refractivity contribution in [3.63, 3.8) is 0 Å². The normalized spacial score (nSPS) is 11.6. The highest BCUT2D eigenvalue weighted by atomic mass is 19.4. The minimum absolute atomic E-state index is 0.681. The average molecular weight is 167 g/mol. The summed E-state index contributed by atoms with van der Waals surface area (Å²) in [5.41, 5.74) is -0.942. The molecule has 0 unspecified atom stereocenters. The van der Waals surface area contributed by atoms with Gasteiger partial charge in [0.05, 0.1) is 0 Å². The molecule has 0 saturated heterocycles. The van der Waals surface area contributed by atoms with Gasteiger partial charge in [0.15, 0.2) is 0 Å². The van der Waals surface area contributed by atoms with Crippen molar-refractivity contribution in [3.05, 3.63) is 12.7 Å². The number of aliphatic imine (C=N–C) groups is 1. The quantitative estimate of drug-likeness (QED) is 0.532. The van der Waals surface area contributed by atoms with Crippen molar-refractivity contribution < 1.29 is 13.2 Å². The van der Waals surface area contributed by atoms with E-state index in [9.17, 15) is 13.2 Å². The van der Waals surface area contributed by atoms with E-state index in [1.807, 2.05) is 13.8 Å². The Morgan fingerprint density at radius 3 is 1.73 bits per heavy atom. The fourth-order valence-corrected chi connectivity index (χ4v) is 0.334. The Balaban J connectivity index is 0. The van der Waals surface area contributed by atoms with E-state index in [0.29, 0.717) is 6.08 Å². The van der Waals surface area contributed by atoms with Crippen LogP contribution in [0.4, 0.5) is 13.2 Å². The van der Waals surface area contributed by atoms with Crippen LogP contribution in [0.2, 0.25) is 0 Å². The number of hydrogen-bond acceptors (Lipinski definition) is 1. The molecule has 0 aromatic rings. The Kier molecular flexibility index (Phi) is 6.94. The van der Waals surface area contributed by atoms with Crippen molar-refractivity contribution in [2.24, 2.45) is 4.99 Å². The summed E-state index contributed by atoms with van der Waals surface area (Å²) in [5, 5.41) is 0. The van der Waals surface area contributed by atoms with Crippen LogP contribution in [0.15, 0.2) is 17.6 Å². The highest BCUT2D eigenvalue weighted by molar-refractivity contribution is 5.98. The molecule has 0 aromatic heterocycles. The molecule has 0 amide bonds. The molecule has 0 aliphatic heterocycles. The Labute approximate surface area is 64.6 Å². The largest absolute Gasteiger partial charge is 0.432 e. The molecular weight excluding hydrogens is 155 g/mol. The fraction of sp³-hybridized carbons (Fsp3) is 0.571. The topological polar surface area (TPSA) is 12.4 Å². The van der Waals surface area contributed by atoms with Gasteiger partial charge in [0.2, 0.25) is 0 Å². The summed E-state index contributed by atoms with van der Waals surface area (Å²) in [6.45, 7) is 6.95. The first kappa shape index (κ1) is 12.8. The van der Waals surface area contributed by atoms with Crippen LogP contribution < -0.4 is 0 Å². The molecule has 0 radical (unpaired) electrons. The molecule has 0 aliphatic rings. The number of alkyl halides is 3. The molecule has 11 heavy (non-hydrogen) atoms. The third-order valence-electron chi connectivity index (χ3n) is 0.725. The standard InChI is InChI=1S/C5H6F3N.C2H6/c1-3-4(9-2)5(6,7)8;1-2/h3H,1H2,2H3;1-2H3. The first-order valence-electron chi connectivity index (χ1n) is 3.18. The third-order valence-corrected chi connectivity index (χ3v) is 0.725. The molecule has 0 aliphatic carbocycles. The van der Waals surface area contributed by atoms with Crippen molar-refractivity contribution in [2.45, 2.75) is 20.0 Å². The van der Waals surface area contributed by atoms with Crippen LogP contribution in [0.3, 0.4) is 0 Å². The minimum Gasteiger partial charge on any atom is -0.284 e. The van der Waals surface area contributed by atoms with E-state index < -0.39 is 11.9 Å². The zero-order valence-electron chi connectivity index (χ0n) is 6.87. The summed E-state index contributed by atoms with van der Waals surface area (Å²) in [6.07, 6.45) is -3.67. The van der Waals surface area contributed by atoms with Crippen molar-refractivity contribution >= 4 is 5.71 Å². The zero-order valence-corrected chi connectivity index (χ0v) is 6.87. The Bertz CT molecular complexity index is 135. The lowest BCUT2D eigenvalue weighted by Crippen LogP contribution is -2.19. The molecule has 0 spiro atoms. The molecule has 0 bridgehead atoms. The molecule has 0 heterocycles. The highest BCUT2D eigenvalue weighted by Crippen LogP contribution is 2.17. The van der Waals surface area contributed by atoms with E-state index in [0.717, 1.165) is 7.05 Å². The lowest BCUT2D eigenvalue weighted by molar-refractivity contribution is -0.0577. The minimum atomic E-state index is -4.35. The maximum atomic E-state index is 11.5. The zero-order chi connectivity index (χ0) is 9.49. The molecule has 0 rings (SSSR count). The monoisotopic (exact) mass is 167 g/mol. The lowest BCUT2D eigenvalue weighted by Gasteiger charge is -2.02. The predicted molar refractivity (Wildman–Crippen MR) is 41.0 cm³/mol. The van der Waals surface area contributed by atoms with E-state index in [2.05, 4.69) is 11.6 Å². The van der Waals surface area contributed by atoms with E-state index >= 15 is 0 Å². The predicted octanol–water partition coefficient (Wildman–Crippen LogP) is 2.83. The smallest absolute Gasteiger partial charge is 0.284 e. The van der Waals surface area contributed by atoms with Crippen LogP contribution in [0.5, 0.6) is 0 Å². The van der Waals surface area contributed by atoms with Crippen molar-refractivity contribution in [1.29, 1.82) is 0 Å². The molecule has 0 N–H and O–H groups in total. The van der Waals surface area contributed by atoms with Crippen molar-refractivity contribution in [1.82, 2.24) is 0 Å². The number of hydrogen-bond donors (Lipinski definition) is 0. The van der Waals surface area contributed by atoms with Crippen LogP contribution in [0, 0.1) is 0 Å². The molecule has 0 fully saturated rings. The van der Waals surface area contributed by atoms with Gasteiger partial charge >= 0.3 is 6.18 Å². The van der Waals surface area contributed by atoms with Crippen molar-refractivity contribution in [3.8, 4) is 0 Å². The molecular formula is C7H12F3N. The molecule has 0 saturated carbocycles. The maximum absolute atomic E-state index is 11.5. The van der Waals surface area contributed by atoms with E-state index in [1.165, 1.54) is 0 Å². The maximum Gasteiger partial charge on any atom is 0.432 e. The number of halogens is 3. The van der Waals surface area contributed by atoms with Gasteiger partial charge in [-0.2, -0.15) is 13.2 Å². The van der Waals surface area contributed by atoms with Gasteiger partial charge in [-0.05, 0) is 6.08 Å². The molecule has 0 aromatic carbocycles. The summed E-state index contributed by atoms with van der Waals surface area (Å²) in [6, 6.07) is 0. The van der Waals surface area contributed by atoms with Crippen LogP contribution in [-0.4, -0.2) is 18.9 Å². The second-order valence-electron chi connectivity index (χ2n) is 1.31. The van der Waals surface area contributed by atoms with Crippen LogP contribution in [-0.2, 0) is 0 Å². The van der Waals surface area contributed by atoms with E-state index in [1.54, 1.807) is 0 Å². The van der Waals surface area contributed by atoms with Gasteiger partial charge in [-0.1, -0.05) is 20.4 Å². The first-order valence-corrected chi connectivity index (χ1v) is 3.18. The van der Waals surface area contributed by atoms with Crippen molar-refractivity contribution in [2.75, 3.05) is 7.05 Å². The van der Waals surface area contributed by atoms with Gasteiger partial charge < -0.3 is 0 Å². The van der Waals surface area contributed by atoms with Gasteiger partial charge in [0.25, 0.3) is 0 Å². The molecule has 4 heteroatoms. The van der Waals surface area contributed by atoms with Crippen LogP contribution in [0.25, 0.3) is 0 Å². The fourth-order valence-electron chi connectivity index (χ4n) is 0.334. The summed E-state index contributed by atoms with van der Waals surface area (Å²) < 4.78 is 34.6. The highest BCUT2D eigenvalue weighted by Gasteiger charge is 2.32. The average Bonchev–Trinajstić information content (AvgIpc) is 1.92.